The summed E-state index contributed by atoms with van der Waals surface area (Å²) in [6.45, 7) is 6.39. The van der Waals surface area contributed by atoms with Crippen molar-refractivity contribution in [3.8, 4) is 0 Å². The minimum Gasteiger partial charge on any atom is -0.377 e. The van der Waals surface area contributed by atoms with Gasteiger partial charge >= 0.3 is 0 Å². The van der Waals surface area contributed by atoms with Gasteiger partial charge in [-0.1, -0.05) is 30.3 Å². The number of ether oxygens (including phenoxy) is 1. The molecule has 1 aromatic carbocycles. The normalized spacial score (nSPS) is 10.0. The summed E-state index contributed by atoms with van der Waals surface area (Å²) in [5, 5.41) is 0.546. The number of hydrogen-bond donors (Lipinski definition) is 0. The zero-order chi connectivity index (χ0) is 11.3. The van der Waals surface area contributed by atoms with Crippen molar-refractivity contribution < 1.29 is 9.53 Å². The monoisotopic (exact) mass is 224 g/mol. The second-order valence-corrected chi connectivity index (χ2v) is 3.52. The lowest BCUT2D eigenvalue weighted by Gasteiger charge is -2.05. The highest BCUT2D eigenvalue weighted by molar-refractivity contribution is 6.31. The van der Waals surface area contributed by atoms with Crippen LogP contribution in [0.1, 0.15) is 17.3 Å². The van der Waals surface area contributed by atoms with E-state index in [1.165, 1.54) is 0 Å². The topological polar surface area (TPSA) is 26.3 Å². The molecule has 2 nitrogen and oxygen atoms in total. The molecule has 0 N–H and O–H groups in total. The number of carbonyl (C=O) groups excluding carboxylic acids is 1. The average Bonchev–Trinajstić information content (AvgIpc) is 2.24. The third-order valence-corrected chi connectivity index (χ3v) is 2.12. The molecule has 0 amide bonds. The van der Waals surface area contributed by atoms with E-state index in [-0.39, 0.29) is 12.4 Å². The molecule has 80 valence electrons. The van der Waals surface area contributed by atoms with Gasteiger partial charge in [0.05, 0.1) is 6.61 Å². The minimum atomic E-state index is -0.119. The Bertz CT molecular complexity index is 372. The molecule has 0 aliphatic carbocycles. The third kappa shape index (κ3) is 3.50. The smallest absolute Gasteiger partial charge is 0.190 e. The SMILES string of the molecule is C=C(COCC)C(=O)c1cccc(Cl)c1. The predicted molar refractivity (Wildman–Crippen MR) is 61.4 cm³/mol. The van der Waals surface area contributed by atoms with E-state index < -0.39 is 0 Å². The Morgan fingerprint density at radius 2 is 2.27 bits per heavy atom. The number of benzene rings is 1. The molecule has 0 aliphatic heterocycles. The highest BCUT2D eigenvalue weighted by Gasteiger charge is 2.10. The summed E-state index contributed by atoms with van der Waals surface area (Å²) in [5.74, 6) is -0.119. The summed E-state index contributed by atoms with van der Waals surface area (Å²) >= 11 is 5.78. The quantitative estimate of drug-likeness (QED) is 0.568. The molecule has 0 spiro atoms. The standard InChI is InChI=1S/C12H13ClO2/c1-3-15-8-9(2)12(14)10-5-4-6-11(13)7-10/h4-7H,2-3,8H2,1H3. The second kappa shape index (κ2) is 5.69. The van der Waals surface area contributed by atoms with Gasteiger partial charge in [0, 0.05) is 22.8 Å². The van der Waals surface area contributed by atoms with Crippen LogP contribution in [-0.2, 0) is 4.74 Å². The predicted octanol–water partition coefficient (Wildman–Crippen LogP) is 3.12. The van der Waals surface area contributed by atoms with E-state index in [1.54, 1.807) is 24.3 Å². The van der Waals surface area contributed by atoms with Gasteiger partial charge in [-0.3, -0.25) is 4.79 Å². The molecular weight excluding hydrogens is 212 g/mol. The van der Waals surface area contributed by atoms with Gasteiger partial charge in [0.15, 0.2) is 5.78 Å². The first-order chi connectivity index (χ1) is 7.15. The highest BCUT2D eigenvalue weighted by Crippen LogP contribution is 2.13. The fraction of sp³-hybridized carbons (Fsp3) is 0.250. The maximum atomic E-state index is 11.8. The van der Waals surface area contributed by atoms with Crippen LogP contribution in [0, 0.1) is 0 Å². The van der Waals surface area contributed by atoms with Gasteiger partial charge in [0.25, 0.3) is 0 Å². The van der Waals surface area contributed by atoms with Crippen molar-refractivity contribution in [2.75, 3.05) is 13.2 Å². The van der Waals surface area contributed by atoms with Crippen LogP contribution in [0.25, 0.3) is 0 Å². The van der Waals surface area contributed by atoms with E-state index in [2.05, 4.69) is 6.58 Å². The van der Waals surface area contributed by atoms with Crippen LogP contribution in [0.2, 0.25) is 5.02 Å². The van der Waals surface area contributed by atoms with Crippen LogP contribution in [-0.4, -0.2) is 19.0 Å². The van der Waals surface area contributed by atoms with Crippen LogP contribution in [0.5, 0.6) is 0 Å². The van der Waals surface area contributed by atoms with E-state index >= 15 is 0 Å². The molecule has 0 heterocycles. The lowest BCUT2D eigenvalue weighted by molar-refractivity contribution is 0.0991. The molecule has 0 saturated heterocycles. The first-order valence-electron chi connectivity index (χ1n) is 4.71. The summed E-state index contributed by atoms with van der Waals surface area (Å²) in [7, 11) is 0. The molecule has 1 aromatic rings. The summed E-state index contributed by atoms with van der Waals surface area (Å²) in [5.41, 5.74) is 0.992. The van der Waals surface area contributed by atoms with E-state index in [0.717, 1.165) is 0 Å². The van der Waals surface area contributed by atoms with E-state index in [1.807, 2.05) is 6.92 Å². The summed E-state index contributed by atoms with van der Waals surface area (Å²) in [4.78, 5) is 11.8. The van der Waals surface area contributed by atoms with Crippen LogP contribution in [0.15, 0.2) is 36.4 Å². The van der Waals surface area contributed by atoms with Crippen molar-refractivity contribution in [1.82, 2.24) is 0 Å². The maximum absolute atomic E-state index is 11.8. The molecule has 0 radical (unpaired) electrons. The lowest BCUT2D eigenvalue weighted by Crippen LogP contribution is -2.08. The lowest BCUT2D eigenvalue weighted by atomic mass is 10.1. The minimum absolute atomic E-state index is 0.119. The Labute approximate surface area is 94.5 Å². The number of rotatable bonds is 5. The Kier molecular flexibility index (Phi) is 4.53. The average molecular weight is 225 g/mol. The molecule has 0 atom stereocenters. The van der Waals surface area contributed by atoms with Gasteiger partial charge in [-0.15, -0.1) is 0 Å². The van der Waals surface area contributed by atoms with Gasteiger partial charge in [-0.2, -0.15) is 0 Å². The van der Waals surface area contributed by atoms with E-state index in [4.69, 9.17) is 16.3 Å². The number of ketones is 1. The summed E-state index contributed by atoms with van der Waals surface area (Å²) < 4.78 is 5.11. The first-order valence-corrected chi connectivity index (χ1v) is 5.08. The molecule has 0 unspecified atom stereocenters. The van der Waals surface area contributed by atoms with Crippen molar-refractivity contribution >= 4 is 17.4 Å². The maximum Gasteiger partial charge on any atom is 0.190 e. The molecule has 15 heavy (non-hydrogen) atoms. The van der Waals surface area contributed by atoms with Crippen molar-refractivity contribution in [2.24, 2.45) is 0 Å². The molecular formula is C12H13ClO2. The molecule has 0 bridgehead atoms. The Morgan fingerprint density at radius 3 is 2.87 bits per heavy atom. The van der Waals surface area contributed by atoms with Crippen molar-refractivity contribution in [2.45, 2.75) is 6.92 Å². The van der Waals surface area contributed by atoms with E-state index in [9.17, 15) is 4.79 Å². The highest BCUT2D eigenvalue weighted by atomic mass is 35.5. The van der Waals surface area contributed by atoms with Crippen molar-refractivity contribution in [3.05, 3.63) is 47.0 Å². The Morgan fingerprint density at radius 1 is 1.53 bits per heavy atom. The van der Waals surface area contributed by atoms with Gasteiger partial charge in [0.1, 0.15) is 0 Å². The van der Waals surface area contributed by atoms with E-state index in [0.29, 0.717) is 22.8 Å². The van der Waals surface area contributed by atoms with Gasteiger partial charge in [-0.05, 0) is 19.1 Å². The van der Waals surface area contributed by atoms with Crippen molar-refractivity contribution in [3.63, 3.8) is 0 Å². The molecule has 0 aromatic heterocycles. The fourth-order valence-corrected chi connectivity index (χ4v) is 1.31. The van der Waals surface area contributed by atoms with Gasteiger partial charge in [0.2, 0.25) is 0 Å². The van der Waals surface area contributed by atoms with Crippen LogP contribution < -0.4 is 0 Å². The molecule has 0 saturated carbocycles. The van der Waals surface area contributed by atoms with Crippen LogP contribution in [0.4, 0.5) is 0 Å². The Balaban J connectivity index is 2.72. The Hall–Kier alpha value is -1.12. The van der Waals surface area contributed by atoms with Gasteiger partial charge in [-0.25, -0.2) is 0 Å². The largest absolute Gasteiger partial charge is 0.377 e. The zero-order valence-electron chi connectivity index (χ0n) is 8.63. The van der Waals surface area contributed by atoms with Crippen molar-refractivity contribution in [1.29, 1.82) is 0 Å². The zero-order valence-corrected chi connectivity index (χ0v) is 9.38. The molecule has 1 rings (SSSR count). The molecule has 3 heteroatoms. The fourth-order valence-electron chi connectivity index (χ4n) is 1.12. The number of halogens is 1. The second-order valence-electron chi connectivity index (χ2n) is 3.08. The summed E-state index contributed by atoms with van der Waals surface area (Å²) in [6, 6.07) is 6.81. The first kappa shape index (κ1) is 12.0. The number of hydrogen-bond acceptors (Lipinski definition) is 2. The number of Topliss-reactive ketones (excluding diaryl/α,β-unsaturated/α-hetero) is 1. The van der Waals surface area contributed by atoms with Crippen LogP contribution in [0.3, 0.4) is 0 Å². The summed E-state index contributed by atoms with van der Waals surface area (Å²) in [6.07, 6.45) is 0. The van der Waals surface area contributed by atoms with Gasteiger partial charge < -0.3 is 4.74 Å². The van der Waals surface area contributed by atoms with Crippen LogP contribution >= 0.6 is 11.6 Å². The number of carbonyl (C=O) groups is 1. The molecule has 0 aliphatic rings. The molecule has 0 fully saturated rings. The third-order valence-electron chi connectivity index (χ3n) is 1.89.